The van der Waals surface area contributed by atoms with Crippen molar-refractivity contribution < 1.29 is 23.1 Å². The second kappa shape index (κ2) is 8.81. The van der Waals surface area contributed by atoms with Crippen molar-refractivity contribution in [1.82, 2.24) is 9.80 Å². The SMILES string of the molecule is CC(C)(C)c1ccc(OCC(=O)N2CCN(C(=O)c3ccc(F)c(F)c3)CC2)cc1. The minimum absolute atomic E-state index is 0.0468. The Morgan fingerprint density at radius 2 is 1.50 bits per heavy atom. The van der Waals surface area contributed by atoms with E-state index in [0.717, 1.165) is 12.1 Å². The maximum atomic E-state index is 13.4. The van der Waals surface area contributed by atoms with E-state index in [4.69, 9.17) is 4.74 Å². The van der Waals surface area contributed by atoms with Crippen molar-refractivity contribution in [3.05, 3.63) is 65.2 Å². The highest BCUT2D eigenvalue weighted by Crippen LogP contribution is 2.24. The first-order valence-corrected chi connectivity index (χ1v) is 9.90. The predicted molar refractivity (Wildman–Crippen MR) is 109 cm³/mol. The molecule has 160 valence electrons. The molecule has 30 heavy (non-hydrogen) atoms. The second-order valence-corrected chi connectivity index (χ2v) is 8.36. The number of amides is 2. The number of carbonyl (C=O) groups excluding carboxylic acids is 2. The minimum Gasteiger partial charge on any atom is -0.484 e. The molecule has 0 N–H and O–H groups in total. The van der Waals surface area contributed by atoms with Crippen LogP contribution in [0.5, 0.6) is 5.75 Å². The van der Waals surface area contributed by atoms with E-state index in [1.54, 1.807) is 4.90 Å². The monoisotopic (exact) mass is 416 g/mol. The molecule has 0 aliphatic carbocycles. The van der Waals surface area contributed by atoms with Gasteiger partial charge in [-0.3, -0.25) is 9.59 Å². The Kier molecular flexibility index (Phi) is 6.39. The van der Waals surface area contributed by atoms with Gasteiger partial charge in [-0.1, -0.05) is 32.9 Å². The highest BCUT2D eigenvalue weighted by molar-refractivity contribution is 5.94. The van der Waals surface area contributed by atoms with Gasteiger partial charge in [-0.2, -0.15) is 0 Å². The topological polar surface area (TPSA) is 49.9 Å². The molecule has 2 aromatic carbocycles. The van der Waals surface area contributed by atoms with Crippen molar-refractivity contribution >= 4 is 11.8 Å². The van der Waals surface area contributed by atoms with Crippen molar-refractivity contribution in [3.8, 4) is 5.75 Å². The normalized spacial score (nSPS) is 14.6. The summed E-state index contributed by atoms with van der Waals surface area (Å²) in [5.74, 6) is -1.95. The van der Waals surface area contributed by atoms with Gasteiger partial charge >= 0.3 is 0 Å². The number of rotatable bonds is 4. The number of ether oxygens (including phenoxy) is 1. The quantitative estimate of drug-likeness (QED) is 0.765. The molecule has 0 spiro atoms. The molecule has 5 nitrogen and oxygen atoms in total. The van der Waals surface area contributed by atoms with Crippen LogP contribution in [0.4, 0.5) is 8.78 Å². The Morgan fingerprint density at radius 1 is 0.900 bits per heavy atom. The maximum Gasteiger partial charge on any atom is 0.260 e. The molecule has 0 atom stereocenters. The van der Waals surface area contributed by atoms with Crippen LogP contribution in [0.25, 0.3) is 0 Å². The lowest BCUT2D eigenvalue weighted by Crippen LogP contribution is -2.51. The Bertz CT molecular complexity index is 915. The molecule has 1 saturated heterocycles. The summed E-state index contributed by atoms with van der Waals surface area (Å²) in [6.07, 6.45) is 0. The first-order chi connectivity index (χ1) is 14.1. The molecule has 0 bridgehead atoms. The average Bonchev–Trinajstić information content (AvgIpc) is 2.73. The Morgan fingerprint density at radius 3 is 2.07 bits per heavy atom. The molecule has 1 fully saturated rings. The van der Waals surface area contributed by atoms with Crippen molar-refractivity contribution in [3.63, 3.8) is 0 Å². The van der Waals surface area contributed by atoms with Gasteiger partial charge in [-0.15, -0.1) is 0 Å². The van der Waals surface area contributed by atoms with Gasteiger partial charge in [0, 0.05) is 31.7 Å². The third kappa shape index (κ3) is 5.14. The summed E-state index contributed by atoms with van der Waals surface area (Å²) < 4.78 is 32.0. The van der Waals surface area contributed by atoms with E-state index in [9.17, 15) is 18.4 Å². The lowest BCUT2D eigenvalue weighted by molar-refractivity contribution is -0.134. The first kappa shape index (κ1) is 21.7. The van der Waals surface area contributed by atoms with Gasteiger partial charge < -0.3 is 14.5 Å². The van der Waals surface area contributed by atoms with Crippen LogP contribution in [0.1, 0.15) is 36.7 Å². The van der Waals surface area contributed by atoms with Crippen LogP contribution < -0.4 is 4.74 Å². The third-order valence-corrected chi connectivity index (χ3v) is 5.17. The molecule has 2 aromatic rings. The lowest BCUT2D eigenvalue weighted by Gasteiger charge is -2.34. The van der Waals surface area contributed by atoms with Gasteiger partial charge in [0.25, 0.3) is 11.8 Å². The summed E-state index contributed by atoms with van der Waals surface area (Å²) in [5.41, 5.74) is 1.32. The summed E-state index contributed by atoms with van der Waals surface area (Å²) in [6, 6.07) is 10.8. The molecule has 1 aliphatic rings. The van der Waals surface area contributed by atoms with E-state index < -0.39 is 11.6 Å². The van der Waals surface area contributed by atoms with E-state index >= 15 is 0 Å². The molecule has 7 heteroatoms. The van der Waals surface area contributed by atoms with Crippen molar-refractivity contribution in [2.45, 2.75) is 26.2 Å². The summed E-state index contributed by atoms with van der Waals surface area (Å²) in [6.45, 7) is 7.68. The van der Waals surface area contributed by atoms with E-state index in [0.29, 0.717) is 31.9 Å². The minimum atomic E-state index is -1.05. The number of benzene rings is 2. The number of hydrogen-bond donors (Lipinski definition) is 0. The van der Waals surface area contributed by atoms with E-state index in [-0.39, 0.29) is 29.4 Å². The third-order valence-electron chi connectivity index (χ3n) is 5.17. The number of hydrogen-bond acceptors (Lipinski definition) is 3. The van der Waals surface area contributed by atoms with Crippen LogP contribution in [0.15, 0.2) is 42.5 Å². The molecule has 0 saturated carbocycles. The van der Waals surface area contributed by atoms with Gasteiger partial charge in [-0.25, -0.2) is 8.78 Å². The zero-order valence-electron chi connectivity index (χ0n) is 17.5. The average molecular weight is 416 g/mol. The number of piperazine rings is 1. The summed E-state index contributed by atoms with van der Waals surface area (Å²) >= 11 is 0. The summed E-state index contributed by atoms with van der Waals surface area (Å²) in [4.78, 5) is 28.1. The van der Waals surface area contributed by atoms with Crippen LogP contribution in [0, 0.1) is 11.6 Å². The van der Waals surface area contributed by atoms with Crippen molar-refractivity contribution in [1.29, 1.82) is 0 Å². The van der Waals surface area contributed by atoms with Crippen LogP contribution in [0.2, 0.25) is 0 Å². The van der Waals surface area contributed by atoms with E-state index in [1.165, 1.54) is 16.5 Å². The highest BCUT2D eigenvalue weighted by Gasteiger charge is 2.25. The summed E-state index contributed by atoms with van der Waals surface area (Å²) in [7, 11) is 0. The van der Waals surface area contributed by atoms with Crippen molar-refractivity contribution in [2.24, 2.45) is 0 Å². The molecular formula is C23H26F2N2O3. The molecular weight excluding hydrogens is 390 g/mol. The fourth-order valence-corrected chi connectivity index (χ4v) is 3.26. The maximum absolute atomic E-state index is 13.4. The van der Waals surface area contributed by atoms with E-state index in [1.807, 2.05) is 24.3 Å². The molecule has 0 aromatic heterocycles. The van der Waals surface area contributed by atoms with Gasteiger partial charge in [0.05, 0.1) is 0 Å². The molecule has 2 amide bonds. The van der Waals surface area contributed by atoms with Gasteiger partial charge in [-0.05, 0) is 41.3 Å². The largest absolute Gasteiger partial charge is 0.484 e. The van der Waals surface area contributed by atoms with Crippen LogP contribution in [-0.2, 0) is 10.2 Å². The molecule has 1 heterocycles. The number of carbonyl (C=O) groups is 2. The number of nitrogens with zero attached hydrogens (tertiary/aromatic N) is 2. The smallest absolute Gasteiger partial charge is 0.260 e. The molecule has 0 unspecified atom stereocenters. The Balaban J connectivity index is 1.49. The first-order valence-electron chi connectivity index (χ1n) is 9.90. The van der Waals surface area contributed by atoms with Gasteiger partial charge in [0.1, 0.15) is 5.75 Å². The Hall–Kier alpha value is -2.96. The van der Waals surface area contributed by atoms with E-state index in [2.05, 4.69) is 20.8 Å². The summed E-state index contributed by atoms with van der Waals surface area (Å²) in [5, 5.41) is 0. The lowest BCUT2D eigenvalue weighted by atomic mass is 9.87. The molecule has 3 rings (SSSR count). The fraction of sp³-hybridized carbons (Fsp3) is 0.391. The number of halogens is 2. The Labute approximate surface area is 175 Å². The highest BCUT2D eigenvalue weighted by atomic mass is 19.2. The van der Waals surface area contributed by atoms with Crippen LogP contribution in [-0.4, -0.2) is 54.4 Å². The van der Waals surface area contributed by atoms with Crippen molar-refractivity contribution in [2.75, 3.05) is 32.8 Å². The van der Waals surface area contributed by atoms with Crippen LogP contribution in [0.3, 0.4) is 0 Å². The standard InChI is InChI=1S/C23H26F2N2O3/c1-23(2,3)17-5-7-18(8-6-17)30-15-21(28)26-10-12-27(13-11-26)22(29)16-4-9-19(24)20(25)14-16/h4-9,14H,10-13,15H2,1-3H3. The van der Waals surface area contributed by atoms with Crippen LogP contribution >= 0.6 is 0 Å². The molecule has 1 aliphatic heterocycles. The second-order valence-electron chi connectivity index (χ2n) is 8.36. The van der Waals surface area contributed by atoms with Gasteiger partial charge in [0.15, 0.2) is 18.2 Å². The predicted octanol–water partition coefficient (Wildman–Crippen LogP) is 3.63. The fourth-order valence-electron chi connectivity index (χ4n) is 3.26. The van der Waals surface area contributed by atoms with Gasteiger partial charge in [0.2, 0.25) is 0 Å². The molecule has 0 radical (unpaired) electrons. The zero-order chi connectivity index (χ0) is 21.9. The zero-order valence-corrected chi connectivity index (χ0v) is 17.5.